The van der Waals surface area contributed by atoms with Gasteiger partial charge in [0.15, 0.2) is 0 Å². The first kappa shape index (κ1) is 19.8. The molecule has 0 bridgehead atoms. The Kier molecular flexibility index (Phi) is 7.00. The van der Waals surface area contributed by atoms with Crippen molar-refractivity contribution in [2.45, 2.75) is 26.7 Å². The second-order valence-corrected chi connectivity index (χ2v) is 6.86. The van der Waals surface area contributed by atoms with Gasteiger partial charge in [0, 0.05) is 13.6 Å². The first-order chi connectivity index (χ1) is 12.4. The molecule has 1 N–H and O–H groups in total. The Morgan fingerprint density at radius 2 is 2.00 bits per heavy atom. The zero-order valence-electron chi connectivity index (χ0n) is 15.7. The maximum absolute atomic E-state index is 12.0. The van der Waals surface area contributed by atoms with Crippen LogP contribution in [0.3, 0.4) is 0 Å². The van der Waals surface area contributed by atoms with Crippen molar-refractivity contribution < 1.29 is 19.1 Å². The van der Waals surface area contributed by atoms with Crippen LogP contribution in [0.15, 0.2) is 24.3 Å². The fourth-order valence-electron chi connectivity index (χ4n) is 2.62. The number of likely N-dealkylation sites (N-methyl/N-ethyl adjacent to an activating group) is 1. The molecule has 1 heterocycles. The number of carbonyl (C=O) groups excluding carboxylic acids is 3. The molecule has 1 fully saturated rings. The molecule has 26 heavy (non-hydrogen) atoms. The molecule has 0 atom stereocenters. The lowest BCUT2D eigenvalue weighted by molar-refractivity contribution is -0.130. The number of rotatable bonds is 9. The van der Waals surface area contributed by atoms with Crippen LogP contribution >= 0.6 is 0 Å². The molecule has 7 heteroatoms. The number of para-hydroxylation sites is 1. The third kappa shape index (κ3) is 5.47. The van der Waals surface area contributed by atoms with Crippen molar-refractivity contribution in [3.8, 4) is 5.75 Å². The molecule has 0 radical (unpaired) electrons. The van der Waals surface area contributed by atoms with E-state index in [4.69, 9.17) is 4.74 Å². The summed E-state index contributed by atoms with van der Waals surface area (Å²) in [7, 11) is 1.54. The Balaban J connectivity index is 1.79. The normalized spacial score (nSPS) is 14.3. The van der Waals surface area contributed by atoms with Crippen LogP contribution < -0.4 is 10.1 Å². The van der Waals surface area contributed by atoms with Gasteiger partial charge in [-0.15, -0.1) is 0 Å². The number of hydrogen-bond acceptors (Lipinski definition) is 4. The van der Waals surface area contributed by atoms with E-state index in [1.54, 1.807) is 0 Å². The molecule has 0 spiro atoms. The van der Waals surface area contributed by atoms with E-state index in [1.165, 1.54) is 11.9 Å². The average Bonchev–Trinajstić information content (AvgIpc) is 2.82. The van der Waals surface area contributed by atoms with Crippen molar-refractivity contribution in [2.75, 3.05) is 33.3 Å². The van der Waals surface area contributed by atoms with Gasteiger partial charge in [-0.25, -0.2) is 4.79 Å². The molecule has 0 unspecified atom stereocenters. The SMILES string of the molecule is CC(C)CCOc1ccccc1CCNC(=O)CN1C(=O)CN(C)C1=O. The zero-order chi connectivity index (χ0) is 19.1. The predicted octanol–water partition coefficient (Wildman–Crippen LogP) is 1.66. The zero-order valence-corrected chi connectivity index (χ0v) is 15.7. The molecular weight excluding hydrogens is 334 g/mol. The third-order valence-corrected chi connectivity index (χ3v) is 4.17. The van der Waals surface area contributed by atoms with E-state index in [-0.39, 0.29) is 24.9 Å². The number of urea groups is 1. The van der Waals surface area contributed by atoms with Crippen LogP contribution in [0.2, 0.25) is 0 Å². The smallest absolute Gasteiger partial charge is 0.327 e. The highest BCUT2D eigenvalue weighted by Gasteiger charge is 2.34. The van der Waals surface area contributed by atoms with Gasteiger partial charge in [-0.3, -0.25) is 14.5 Å². The molecular formula is C19H27N3O4. The third-order valence-electron chi connectivity index (χ3n) is 4.17. The van der Waals surface area contributed by atoms with Gasteiger partial charge < -0.3 is 15.0 Å². The van der Waals surface area contributed by atoms with Gasteiger partial charge >= 0.3 is 6.03 Å². The van der Waals surface area contributed by atoms with Crippen molar-refractivity contribution in [1.29, 1.82) is 0 Å². The number of benzene rings is 1. The molecule has 0 aliphatic carbocycles. The summed E-state index contributed by atoms with van der Waals surface area (Å²) in [5, 5.41) is 2.76. The number of ether oxygens (including phenoxy) is 1. The van der Waals surface area contributed by atoms with Gasteiger partial charge in [-0.1, -0.05) is 32.0 Å². The average molecular weight is 361 g/mol. The fraction of sp³-hybridized carbons (Fsp3) is 0.526. The minimum absolute atomic E-state index is 0.0210. The van der Waals surface area contributed by atoms with Crippen molar-refractivity contribution in [3.63, 3.8) is 0 Å². The van der Waals surface area contributed by atoms with E-state index in [1.807, 2.05) is 24.3 Å². The second-order valence-electron chi connectivity index (χ2n) is 6.86. The van der Waals surface area contributed by atoms with Crippen LogP contribution in [0.4, 0.5) is 4.79 Å². The van der Waals surface area contributed by atoms with Gasteiger partial charge in [-0.2, -0.15) is 0 Å². The molecule has 1 aliphatic heterocycles. The highest BCUT2D eigenvalue weighted by atomic mass is 16.5. The summed E-state index contributed by atoms with van der Waals surface area (Å²) in [5.41, 5.74) is 1.02. The standard InChI is InChI=1S/C19H27N3O4/c1-14(2)9-11-26-16-7-5-4-6-15(16)8-10-20-17(23)12-22-18(24)13-21(3)19(22)25/h4-7,14H,8-13H2,1-3H3,(H,20,23). The van der Waals surface area contributed by atoms with Gasteiger partial charge in [0.1, 0.15) is 18.8 Å². The summed E-state index contributed by atoms with van der Waals surface area (Å²) in [6.45, 7) is 5.15. The lowest BCUT2D eigenvalue weighted by Gasteiger charge is -2.15. The van der Waals surface area contributed by atoms with Crippen LogP contribution in [0.5, 0.6) is 5.75 Å². The first-order valence-electron chi connectivity index (χ1n) is 8.91. The summed E-state index contributed by atoms with van der Waals surface area (Å²) in [4.78, 5) is 37.7. The maximum Gasteiger partial charge on any atom is 0.327 e. The van der Waals surface area contributed by atoms with Gasteiger partial charge in [0.25, 0.3) is 5.91 Å². The number of nitrogens with zero attached hydrogens (tertiary/aromatic N) is 2. The van der Waals surface area contributed by atoms with Crippen molar-refractivity contribution in [3.05, 3.63) is 29.8 Å². The molecule has 1 aromatic rings. The van der Waals surface area contributed by atoms with E-state index < -0.39 is 6.03 Å². The van der Waals surface area contributed by atoms with Crippen LogP contribution in [0, 0.1) is 5.92 Å². The predicted molar refractivity (Wildman–Crippen MR) is 97.8 cm³/mol. The summed E-state index contributed by atoms with van der Waals surface area (Å²) in [6.07, 6.45) is 1.60. The minimum atomic E-state index is -0.436. The summed E-state index contributed by atoms with van der Waals surface area (Å²) >= 11 is 0. The van der Waals surface area contributed by atoms with Crippen LogP contribution in [0.25, 0.3) is 0 Å². The lowest BCUT2D eigenvalue weighted by Crippen LogP contribution is -2.41. The first-order valence-corrected chi connectivity index (χ1v) is 8.91. The van der Waals surface area contributed by atoms with Gasteiger partial charge in [-0.05, 0) is 30.4 Å². The highest BCUT2D eigenvalue weighted by Crippen LogP contribution is 2.19. The lowest BCUT2D eigenvalue weighted by atomic mass is 10.1. The number of amides is 4. The highest BCUT2D eigenvalue weighted by molar-refractivity contribution is 6.04. The Bertz CT molecular complexity index is 660. The topological polar surface area (TPSA) is 79.0 Å². The summed E-state index contributed by atoms with van der Waals surface area (Å²) < 4.78 is 5.84. The molecule has 0 aromatic heterocycles. The number of carbonyl (C=O) groups is 3. The fourth-order valence-corrected chi connectivity index (χ4v) is 2.62. The van der Waals surface area contributed by atoms with Crippen molar-refractivity contribution in [2.24, 2.45) is 5.92 Å². The van der Waals surface area contributed by atoms with E-state index in [2.05, 4.69) is 19.2 Å². The molecule has 0 saturated carbocycles. The molecule has 1 aliphatic rings. The number of imide groups is 1. The van der Waals surface area contributed by atoms with E-state index in [0.29, 0.717) is 25.5 Å². The van der Waals surface area contributed by atoms with E-state index in [0.717, 1.165) is 22.6 Å². The summed E-state index contributed by atoms with van der Waals surface area (Å²) in [5.74, 6) is 0.710. The Morgan fingerprint density at radius 1 is 1.27 bits per heavy atom. The molecule has 7 nitrogen and oxygen atoms in total. The van der Waals surface area contributed by atoms with Crippen molar-refractivity contribution >= 4 is 17.8 Å². The maximum atomic E-state index is 12.0. The Morgan fingerprint density at radius 3 is 2.65 bits per heavy atom. The van der Waals surface area contributed by atoms with Crippen LogP contribution in [-0.4, -0.2) is 60.9 Å². The monoisotopic (exact) mass is 361 g/mol. The molecule has 1 saturated heterocycles. The van der Waals surface area contributed by atoms with Gasteiger partial charge in [0.2, 0.25) is 5.91 Å². The van der Waals surface area contributed by atoms with Crippen molar-refractivity contribution in [1.82, 2.24) is 15.1 Å². The Labute approximate surface area is 154 Å². The van der Waals surface area contributed by atoms with Gasteiger partial charge in [0.05, 0.1) is 6.61 Å². The van der Waals surface area contributed by atoms with E-state index >= 15 is 0 Å². The quantitative estimate of drug-likeness (QED) is 0.679. The second kappa shape index (κ2) is 9.22. The largest absolute Gasteiger partial charge is 0.493 e. The summed E-state index contributed by atoms with van der Waals surface area (Å²) in [6, 6.07) is 7.32. The molecule has 2 rings (SSSR count). The molecule has 1 aromatic carbocycles. The molecule has 4 amide bonds. The van der Waals surface area contributed by atoms with Crippen LogP contribution in [-0.2, 0) is 16.0 Å². The minimum Gasteiger partial charge on any atom is -0.493 e. The van der Waals surface area contributed by atoms with E-state index in [9.17, 15) is 14.4 Å². The Hall–Kier alpha value is -2.57. The number of nitrogens with one attached hydrogen (secondary N) is 1. The number of hydrogen-bond donors (Lipinski definition) is 1. The van der Waals surface area contributed by atoms with Crippen LogP contribution in [0.1, 0.15) is 25.8 Å². The molecule has 142 valence electrons.